The number of nitrogens with zero attached hydrogens (tertiary/aromatic N) is 2. The van der Waals surface area contributed by atoms with Crippen molar-refractivity contribution in [2.45, 2.75) is 64.8 Å². The van der Waals surface area contributed by atoms with E-state index in [1.807, 2.05) is 6.92 Å². The first-order chi connectivity index (χ1) is 9.72. The van der Waals surface area contributed by atoms with E-state index in [4.69, 9.17) is 17.3 Å². The second kappa shape index (κ2) is 9.94. The molecule has 20 heavy (non-hydrogen) atoms. The summed E-state index contributed by atoms with van der Waals surface area (Å²) in [6.45, 7) is 5.03. The fourth-order valence-electron chi connectivity index (χ4n) is 2.21. The summed E-state index contributed by atoms with van der Waals surface area (Å²) < 4.78 is 0. The lowest BCUT2D eigenvalue weighted by Gasteiger charge is -2.18. The molecule has 4 nitrogen and oxygen atoms in total. The molecule has 0 bridgehead atoms. The highest BCUT2D eigenvalue weighted by Gasteiger charge is 2.12. The SMILES string of the molecule is CCc1ncnc(NC(CC)CCCCCCN)c1Cl. The summed E-state index contributed by atoms with van der Waals surface area (Å²) in [5.74, 6) is 0.771. The monoisotopic (exact) mass is 298 g/mol. The molecule has 3 N–H and O–H groups in total. The van der Waals surface area contributed by atoms with Gasteiger partial charge in [0.1, 0.15) is 17.2 Å². The van der Waals surface area contributed by atoms with Gasteiger partial charge in [-0.05, 0) is 32.2 Å². The minimum Gasteiger partial charge on any atom is -0.366 e. The third-order valence-corrected chi connectivity index (χ3v) is 3.93. The van der Waals surface area contributed by atoms with E-state index < -0.39 is 0 Å². The number of halogens is 1. The Morgan fingerprint density at radius 1 is 1.20 bits per heavy atom. The van der Waals surface area contributed by atoms with Crippen molar-refractivity contribution in [2.75, 3.05) is 11.9 Å². The molecule has 0 saturated heterocycles. The molecule has 0 spiro atoms. The first kappa shape index (κ1) is 17.2. The van der Waals surface area contributed by atoms with Crippen LogP contribution in [0.2, 0.25) is 5.02 Å². The number of unbranched alkanes of at least 4 members (excludes halogenated alkanes) is 3. The van der Waals surface area contributed by atoms with Crippen LogP contribution in [0.15, 0.2) is 6.33 Å². The van der Waals surface area contributed by atoms with Crippen molar-refractivity contribution in [3.63, 3.8) is 0 Å². The van der Waals surface area contributed by atoms with Crippen LogP contribution in [0, 0.1) is 0 Å². The van der Waals surface area contributed by atoms with Crippen LogP contribution in [-0.2, 0) is 6.42 Å². The lowest BCUT2D eigenvalue weighted by Crippen LogP contribution is -2.19. The second-order valence-electron chi connectivity index (χ2n) is 5.08. The van der Waals surface area contributed by atoms with Crippen LogP contribution in [0.3, 0.4) is 0 Å². The number of nitrogens with two attached hydrogens (primary N) is 1. The maximum atomic E-state index is 6.31. The average Bonchev–Trinajstić information content (AvgIpc) is 2.47. The topological polar surface area (TPSA) is 63.8 Å². The van der Waals surface area contributed by atoms with Gasteiger partial charge in [-0.15, -0.1) is 0 Å². The Balaban J connectivity index is 2.47. The Hall–Kier alpha value is -0.870. The molecule has 0 aliphatic heterocycles. The molecule has 1 aromatic heterocycles. The van der Waals surface area contributed by atoms with E-state index in [2.05, 4.69) is 22.2 Å². The minimum atomic E-state index is 0.421. The molecule has 1 rings (SSSR count). The minimum absolute atomic E-state index is 0.421. The predicted molar refractivity (Wildman–Crippen MR) is 86.3 cm³/mol. The molecule has 1 atom stereocenters. The number of hydrogen-bond acceptors (Lipinski definition) is 4. The van der Waals surface area contributed by atoms with E-state index in [1.54, 1.807) is 6.33 Å². The van der Waals surface area contributed by atoms with Gasteiger partial charge in [-0.25, -0.2) is 9.97 Å². The summed E-state index contributed by atoms with van der Waals surface area (Å²) in [4.78, 5) is 8.45. The van der Waals surface area contributed by atoms with Gasteiger partial charge in [0.25, 0.3) is 0 Å². The van der Waals surface area contributed by atoms with Crippen molar-refractivity contribution in [3.8, 4) is 0 Å². The largest absolute Gasteiger partial charge is 0.366 e. The van der Waals surface area contributed by atoms with Crippen LogP contribution in [-0.4, -0.2) is 22.6 Å². The molecule has 0 saturated carbocycles. The van der Waals surface area contributed by atoms with Gasteiger partial charge in [0, 0.05) is 6.04 Å². The molecule has 0 amide bonds. The number of hydrogen-bond donors (Lipinski definition) is 2. The Morgan fingerprint density at radius 2 is 1.95 bits per heavy atom. The zero-order valence-corrected chi connectivity index (χ0v) is 13.4. The maximum Gasteiger partial charge on any atom is 0.148 e. The fourth-order valence-corrected chi connectivity index (χ4v) is 2.50. The van der Waals surface area contributed by atoms with Gasteiger partial charge in [0.05, 0.1) is 5.69 Å². The molecule has 0 aliphatic carbocycles. The van der Waals surface area contributed by atoms with Gasteiger partial charge >= 0.3 is 0 Å². The highest BCUT2D eigenvalue weighted by Crippen LogP contribution is 2.24. The van der Waals surface area contributed by atoms with Crippen molar-refractivity contribution in [2.24, 2.45) is 5.73 Å². The quantitative estimate of drug-likeness (QED) is 0.645. The van der Waals surface area contributed by atoms with Crippen molar-refractivity contribution in [1.29, 1.82) is 0 Å². The summed E-state index contributed by atoms with van der Waals surface area (Å²) in [7, 11) is 0. The van der Waals surface area contributed by atoms with Gasteiger partial charge in [0.15, 0.2) is 0 Å². The van der Waals surface area contributed by atoms with E-state index in [0.29, 0.717) is 11.1 Å². The van der Waals surface area contributed by atoms with Crippen molar-refractivity contribution in [3.05, 3.63) is 17.0 Å². The van der Waals surface area contributed by atoms with E-state index in [0.717, 1.165) is 43.7 Å². The van der Waals surface area contributed by atoms with E-state index in [1.165, 1.54) is 19.3 Å². The molecule has 114 valence electrons. The first-order valence-electron chi connectivity index (χ1n) is 7.68. The molecule has 0 aliphatic rings. The van der Waals surface area contributed by atoms with Crippen LogP contribution in [0.4, 0.5) is 5.82 Å². The number of rotatable bonds is 10. The summed E-state index contributed by atoms with van der Waals surface area (Å²) in [6.07, 6.45) is 9.43. The highest BCUT2D eigenvalue weighted by atomic mass is 35.5. The number of aromatic nitrogens is 2. The molecule has 0 aromatic carbocycles. The van der Waals surface area contributed by atoms with Crippen LogP contribution in [0.5, 0.6) is 0 Å². The smallest absolute Gasteiger partial charge is 0.148 e. The summed E-state index contributed by atoms with van der Waals surface area (Å²) in [5, 5.41) is 4.12. The van der Waals surface area contributed by atoms with E-state index in [9.17, 15) is 0 Å². The molecule has 5 heteroatoms. The molecule has 0 fully saturated rings. The van der Waals surface area contributed by atoms with Gasteiger partial charge < -0.3 is 11.1 Å². The zero-order valence-electron chi connectivity index (χ0n) is 12.7. The lowest BCUT2D eigenvalue weighted by atomic mass is 10.1. The fraction of sp³-hybridized carbons (Fsp3) is 0.733. The predicted octanol–water partition coefficient (Wildman–Crippen LogP) is 3.79. The molecule has 1 aromatic rings. The number of aryl methyl sites for hydroxylation is 1. The van der Waals surface area contributed by atoms with Crippen LogP contribution < -0.4 is 11.1 Å². The maximum absolute atomic E-state index is 6.31. The van der Waals surface area contributed by atoms with E-state index in [-0.39, 0.29) is 0 Å². The number of nitrogens with one attached hydrogen (secondary N) is 1. The normalized spacial score (nSPS) is 12.4. The molecule has 1 heterocycles. The Morgan fingerprint density at radius 3 is 2.60 bits per heavy atom. The first-order valence-corrected chi connectivity index (χ1v) is 8.06. The Labute approximate surface area is 127 Å². The van der Waals surface area contributed by atoms with Gasteiger partial charge in [0.2, 0.25) is 0 Å². The zero-order chi connectivity index (χ0) is 14.8. The van der Waals surface area contributed by atoms with Crippen LogP contribution in [0.1, 0.15) is 58.1 Å². The van der Waals surface area contributed by atoms with Gasteiger partial charge in [-0.2, -0.15) is 0 Å². The molecule has 1 unspecified atom stereocenters. The summed E-state index contributed by atoms with van der Waals surface area (Å²) in [6, 6.07) is 0.421. The van der Waals surface area contributed by atoms with Crippen LogP contribution in [0.25, 0.3) is 0 Å². The molecule has 0 radical (unpaired) electrons. The summed E-state index contributed by atoms with van der Waals surface area (Å²) in [5.41, 5.74) is 6.41. The van der Waals surface area contributed by atoms with Gasteiger partial charge in [-0.1, -0.05) is 44.7 Å². The highest BCUT2D eigenvalue weighted by molar-refractivity contribution is 6.33. The standard InChI is InChI=1S/C15H27ClN4/c1-3-12(9-7-5-6-8-10-17)20-15-14(16)13(4-2)18-11-19-15/h11-12H,3-10,17H2,1-2H3,(H,18,19,20). The van der Waals surface area contributed by atoms with Crippen molar-refractivity contribution in [1.82, 2.24) is 9.97 Å². The lowest BCUT2D eigenvalue weighted by molar-refractivity contribution is 0.554. The van der Waals surface area contributed by atoms with Crippen molar-refractivity contribution >= 4 is 17.4 Å². The molecular formula is C15H27ClN4. The molecular weight excluding hydrogens is 272 g/mol. The third-order valence-electron chi connectivity index (χ3n) is 3.54. The van der Waals surface area contributed by atoms with Crippen LogP contribution >= 0.6 is 11.6 Å². The Bertz CT molecular complexity index is 384. The van der Waals surface area contributed by atoms with E-state index >= 15 is 0 Å². The second-order valence-corrected chi connectivity index (χ2v) is 5.46. The number of anilines is 1. The Kier molecular flexibility index (Phi) is 8.54. The summed E-state index contributed by atoms with van der Waals surface area (Å²) >= 11 is 6.31. The third kappa shape index (κ3) is 5.63. The van der Waals surface area contributed by atoms with Gasteiger partial charge in [-0.3, -0.25) is 0 Å². The van der Waals surface area contributed by atoms with Crippen molar-refractivity contribution < 1.29 is 0 Å². The average molecular weight is 299 g/mol.